The molecule has 6 aromatic rings. The number of nitrogens with zero attached hydrogens (tertiary/aromatic N) is 5. The molecule has 10 nitrogen and oxygen atoms in total. The average Bonchev–Trinajstić information content (AvgIpc) is 3.47. The molecule has 3 aromatic carbocycles. The van der Waals surface area contributed by atoms with Crippen LogP contribution in [-0.2, 0) is 0 Å². The van der Waals surface area contributed by atoms with E-state index in [2.05, 4.69) is 20.5 Å². The standard InChI is InChI=1S/C36H33F2N7O3/c1-44(2)18-8-20-48-31-22-25(14-15-30(31)47-3)41-36-39-17-16-28(42-36)33-29-13-4-5-19-45(29)43-34(33)23-9-6-10-24(21-23)40-35(46)32-26(37)11-7-12-27(32)38/h4-7,9-17,19,21-22H,8,18,20H2,1-3H3,(H,40,46)(H,39,41,42). The van der Waals surface area contributed by atoms with Crippen LogP contribution < -0.4 is 20.1 Å². The van der Waals surface area contributed by atoms with Gasteiger partial charge in [0, 0.05) is 41.9 Å². The number of methoxy groups -OCH3 is 1. The van der Waals surface area contributed by atoms with Gasteiger partial charge in [0.05, 0.1) is 30.5 Å². The molecule has 12 heteroatoms. The van der Waals surface area contributed by atoms with E-state index in [1.165, 1.54) is 6.07 Å². The third-order valence-electron chi connectivity index (χ3n) is 7.46. The third-order valence-corrected chi connectivity index (χ3v) is 7.46. The van der Waals surface area contributed by atoms with Crippen LogP contribution in [0.5, 0.6) is 11.5 Å². The Morgan fingerprint density at radius 3 is 2.52 bits per heavy atom. The van der Waals surface area contributed by atoms with Crippen LogP contribution in [0.3, 0.4) is 0 Å². The van der Waals surface area contributed by atoms with Gasteiger partial charge in [-0.05, 0) is 75.1 Å². The van der Waals surface area contributed by atoms with Gasteiger partial charge in [-0.2, -0.15) is 5.10 Å². The first-order valence-corrected chi connectivity index (χ1v) is 15.2. The number of hydrogen-bond acceptors (Lipinski definition) is 8. The molecular formula is C36H33F2N7O3. The minimum Gasteiger partial charge on any atom is -0.493 e. The molecule has 0 bridgehead atoms. The minimum atomic E-state index is -0.946. The Hall–Kier alpha value is -5.88. The predicted octanol–water partition coefficient (Wildman–Crippen LogP) is 7.07. The average molecular weight is 650 g/mol. The molecule has 0 saturated heterocycles. The van der Waals surface area contributed by atoms with Crippen molar-refractivity contribution in [3.05, 3.63) is 115 Å². The van der Waals surface area contributed by atoms with E-state index in [9.17, 15) is 13.6 Å². The largest absolute Gasteiger partial charge is 0.493 e. The van der Waals surface area contributed by atoms with E-state index in [1.54, 1.807) is 42.1 Å². The lowest BCUT2D eigenvalue weighted by molar-refractivity contribution is 0.101. The highest BCUT2D eigenvalue weighted by Gasteiger charge is 2.20. The number of benzene rings is 3. The van der Waals surface area contributed by atoms with Crippen molar-refractivity contribution >= 4 is 28.7 Å². The molecular weight excluding hydrogens is 616 g/mol. The Kier molecular flexibility index (Phi) is 9.53. The summed E-state index contributed by atoms with van der Waals surface area (Å²) in [5.41, 5.74) is 3.74. The summed E-state index contributed by atoms with van der Waals surface area (Å²) in [6, 6.07) is 23.2. The van der Waals surface area contributed by atoms with Gasteiger partial charge in [-0.3, -0.25) is 4.79 Å². The number of carbonyl (C=O) groups excluding carboxylic acids is 1. The van der Waals surface area contributed by atoms with Crippen LogP contribution in [-0.4, -0.2) is 64.7 Å². The topological polar surface area (TPSA) is 106 Å². The lowest BCUT2D eigenvalue weighted by Crippen LogP contribution is -2.15. The second kappa shape index (κ2) is 14.3. The molecule has 0 aliphatic carbocycles. The summed E-state index contributed by atoms with van der Waals surface area (Å²) in [6.07, 6.45) is 4.34. The van der Waals surface area contributed by atoms with Gasteiger partial charge >= 0.3 is 0 Å². The first-order valence-electron chi connectivity index (χ1n) is 15.2. The molecule has 0 atom stereocenters. The summed E-state index contributed by atoms with van der Waals surface area (Å²) in [4.78, 5) is 24.2. The van der Waals surface area contributed by atoms with Gasteiger partial charge < -0.3 is 25.0 Å². The Bertz CT molecular complexity index is 2060. The van der Waals surface area contributed by atoms with Crippen molar-refractivity contribution in [2.75, 3.05) is 45.0 Å². The number of pyridine rings is 1. The fourth-order valence-corrected chi connectivity index (χ4v) is 5.22. The number of anilines is 3. The molecule has 48 heavy (non-hydrogen) atoms. The highest BCUT2D eigenvalue weighted by molar-refractivity contribution is 6.05. The molecule has 0 aliphatic heterocycles. The Balaban J connectivity index is 1.31. The van der Waals surface area contributed by atoms with E-state index in [0.717, 1.165) is 36.2 Å². The lowest BCUT2D eigenvalue weighted by atomic mass is 10.0. The van der Waals surface area contributed by atoms with Crippen LogP contribution in [0.15, 0.2) is 97.3 Å². The Morgan fingerprint density at radius 1 is 0.917 bits per heavy atom. The zero-order valence-corrected chi connectivity index (χ0v) is 26.6. The highest BCUT2D eigenvalue weighted by atomic mass is 19.1. The number of rotatable bonds is 12. The number of halogens is 2. The van der Waals surface area contributed by atoms with Crippen LogP contribution in [0, 0.1) is 11.6 Å². The van der Waals surface area contributed by atoms with E-state index >= 15 is 0 Å². The fraction of sp³-hybridized carbons (Fsp3) is 0.167. The zero-order chi connectivity index (χ0) is 33.6. The first kappa shape index (κ1) is 32.1. The van der Waals surface area contributed by atoms with Gasteiger partial charge in [-0.15, -0.1) is 0 Å². The number of ether oxygens (including phenoxy) is 2. The molecule has 0 unspecified atom stereocenters. The van der Waals surface area contributed by atoms with Crippen molar-refractivity contribution in [1.82, 2.24) is 24.5 Å². The highest BCUT2D eigenvalue weighted by Crippen LogP contribution is 2.36. The zero-order valence-electron chi connectivity index (χ0n) is 26.6. The summed E-state index contributed by atoms with van der Waals surface area (Å²) in [7, 11) is 5.64. The monoisotopic (exact) mass is 649 g/mol. The van der Waals surface area contributed by atoms with Crippen molar-refractivity contribution in [2.24, 2.45) is 0 Å². The molecule has 3 heterocycles. The Morgan fingerprint density at radius 2 is 1.73 bits per heavy atom. The number of amides is 1. The maximum Gasteiger partial charge on any atom is 0.261 e. The van der Waals surface area contributed by atoms with Crippen molar-refractivity contribution in [2.45, 2.75) is 6.42 Å². The number of fused-ring (bicyclic) bond motifs is 1. The SMILES string of the molecule is COc1ccc(Nc2nccc(-c3c(-c4cccc(NC(=O)c5c(F)cccc5F)c4)nn4ccccc34)n2)cc1OCCCN(C)C. The molecule has 0 radical (unpaired) electrons. The third kappa shape index (κ3) is 7.08. The van der Waals surface area contributed by atoms with E-state index in [-0.39, 0.29) is 0 Å². The number of carbonyl (C=O) groups is 1. The summed E-state index contributed by atoms with van der Waals surface area (Å²) >= 11 is 0. The quantitative estimate of drug-likeness (QED) is 0.136. The Labute approximate surface area is 276 Å². The van der Waals surface area contributed by atoms with Gasteiger partial charge in [0.15, 0.2) is 11.5 Å². The van der Waals surface area contributed by atoms with Crippen LogP contribution in [0.25, 0.3) is 28.0 Å². The molecule has 3 aromatic heterocycles. The van der Waals surface area contributed by atoms with Crippen molar-refractivity contribution in [3.63, 3.8) is 0 Å². The summed E-state index contributed by atoms with van der Waals surface area (Å²) in [6.45, 7) is 1.44. The van der Waals surface area contributed by atoms with E-state index in [4.69, 9.17) is 19.6 Å². The molecule has 244 valence electrons. The molecule has 0 fully saturated rings. The van der Waals surface area contributed by atoms with Crippen molar-refractivity contribution < 1.29 is 23.0 Å². The minimum absolute atomic E-state index is 0.340. The van der Waals surface area contributed by atoms with Gasteiger partial charge in [-0.25, -0.2) is 23.3 Å². The number of aromatic nitrogens is 4. The molecule has 0 spiro atoms. The molecule has 0 aliphatic rings. The molecule has 0 saturated carbocycles. The maximum atomic E-state index is 14.3. The van der Waals surface area contributed by atoms with E-state index in [1.807, 2.05) is 62.8 Å². The van der Waals surface area contributed by atoms with Crippen LogP contribution >= 0.6 is 0 Å². The normalized spacial score (nSPS) is 11.1. The smallest absolute Gasteiger partial charge is 0.261 e. The second-order valence-electron chi connectivity index (χ2n) is 11.1. The van der Waals surface area contributed by atoms with Crippen LogP contribution in [0.2, 0.25) is 0 Å². The molecule has 1 amide bonds. The van der Waals surface area contributed by atoms with Gasteiger partial charge in [0.25, 0.3) is 5.91 Å². The van der Waals surface area contributed by atoms with Gasteiger partial charge in [0.2, 0.25) is 5.95 Å². The maximum absolute atomic E-state index is 14.3. The van der Waals surface area contributed by atoms with E-state index < -0.39 is 23.1 Å². The summed E-state index contributed by atoms with van der Waals surface area (Å²) in [5.74, 6) is -1.22. The van der Waals surface area contributed by atoms with Crippen LogP contribution in [0.1, 0.15) is 16.8 Å². The number of hydrogen-bond donors (Lipinski definition) is 2. The van der Waals surface area contributed by atoms with E-state index in [0.29, 0.717) is 52.4 Å². The summed E-state index contributed by atoms with van der Waals surface area (Å²) < 4.78 is 41.8. The van der Waals surface area contributed by atoms with Gasteiger partial charge in [-0.1, -0.05) is 24.3 Å². The predicted molar refractivity (Wildman–Crippen MR) is 181 cm³/mol. The fourth-order valence-electron chi connectivity index (χ4n) is 5.22. The lowest BCUT2D eigenvalue weighted by Gasteiger charge is -2.14. The number of nitrogens with one attached hydrogen (secondary N) is 2. The van der Waals surface area contributed by atoms with Crippen LogP contribution in [0.4, 0.5) is 26.1 Å². The first-order chi connectivity index (χ1) is 23.3. The molecule has 6 rings (SSSR count). The summed E-state index contributed by atoms with van der Waals surface area (Å²) in [5, 5.41) is 10.7. The van der Waals surface area contributed by atoms with Gasteiger partial charge in [0.1, 0.15) is 22.9 Å². The molecule has 2 N–H and O–H groups in total. The van der Waals surface area contributed by atoms with Crippen molar-refractivity contribution in [1.29, 1.82) is 0 Å². The second-order valence-corrected chi connectivity index (χ2v) is 11.1. The van der Waals surface area contributed by atoms with Crippen molar-refractivity contribution in [3.8, 4) is 34.0 Å².